The van der Waals surface area contributed by atoms with Gasteiger partial charge < -0.3 is 9.84 Å². The number of rotatable bonds is 1. The number of hydrogen-bond donors (Lipinski definition) is 1. The van der Waals surface area contributed by atoms with Gasteiger partial charge in [-0.2, -0.15) is 0 Å². The third-order valence-electron chi connectivity index (χ3n) is 2.86. The highest BCUT2D eigenvalue weighted by molar-refractivity contribution is 7.24. The maximum absolute atomic E-state index is 12.4. The number of ether oxygens (including phenoxy) is 1. The Bertz CT molecular complexity index is 805. The number of benzene rings is 2. The standard InChI is InChI=1S/C14H10O3S/c1-17-10-3-2-4-12-13(10)14(16)9-7-8(15)5-6-11(9)18-12/h2-7,15H,1H3. The number of hydrogen-bond acceptors (Lipinski definition) is 4. The molecule has 1 aromatic heterocycles. The van der Waals surface area contributed by atoms with Crippen molar-refractivity contribution >= 4 is 31.5 Å². The first-order chi connectivity index (χ1) is 8.70. The highest BCUT2D eigenvalue weighted by Gasteiger charge is 2.10. The first-order valence-corrected chi connectivity index (χ1v) is 6.25. The molecule has 0 fully saturated rings. The zero-order valence-electron chi connectivity index (χ0n) is 9.64. The Morgan fingerprint density at radius 2 is 2.00 bits per heavy atom. The van der Waals surface area contributed by atoms with Crippen LogP contribution < -0.4 is 10.2 Å². The van der Waals surface area contributed by atoms with E-state index in [0.717, 1.165) is 9.40 Å². The van der Waals surface area contributed by atoms with Gasteiger partial charge in [0.15, 0.2) is 5.43 Å². The van der Waals surface area contributed by atoms with E-state index in [9.17, 15) is 9.90 Å². The summed E-state index contributed by atoms with van der Waals surface area (Å²) in [5.74, 6) is 0.667. The highest BCUT2D eigenvalue weighted by atomic mass is 32.1. The Morgan fingerprint density at radius 1 is 1.17 bits per heavy atom. The van der Waals surface area contributed by atoms with Gasteiger partial charge in [0.2, 0.25) is 0 Å². The molecule has 4 heteroatoms. The molecule has 0 unspecified atom stereocenters. The summed E-state index contributed by atoms with van der Waals surface area (Å²) in [4.78, 5) is 12.4. The van der Waals surface area contributed by atoms with Crippen molar-refractivity contribution in [2.45, 2.75) is 0 Å². The second-order valence-corrected chi connectivity index (χ2v) is 5.03. The molecule has 0 radical (unpaired) electrons. The van der Waals surface area contributed by atoms with Gasteiger partial charge in [0.1, 0.15) is 11.5 Å². The Balaban J connectivity index is 2.58. The number of aromatic hydroxyl groups is 1. The summed E-state index contributed by atoms with van der Waals surface area (Å²) in [7, 11) is 1.55. The topological polar surface area (TPSA) is 46.5 Å². The lowest BCUT2D eigenvalue weighted by molar-refractivity contribution is 0.419. The van der Waals surface area contributed by atoms with Crippen molar-refractivity contribution < 1.29 is 9.84 Å². The molecule has 0 saturated carbocycles. The summed E-state index contributed by atoms with van der Waals surface area (Å²) in [5.41, 5.74) is -0.105. The van der Waals surface area contributed by atoms with E-state index in [-0.39, 0.29) is 11.2 Å². The summed E-state index contributed by atoms with van der Waals surface area (Å²) >= 11 is 1.51. The molecule has 0 bridgehead atoms. The Hall–Kier alpha value is -2.07. The zero-order valence-corrected chi connectivity index (χ0v) is 10.5. The van der Waals surface area contributed by atoms with E-state index in [1.165, 1.54) is 17.4 Å². The van der Waals surface area contributed by atoms with Crippen LogP contribution in [0.1, 0.15) is 0 Å². The van der Waals surface area contributed by atoms with Gasteiger partial charge in [-0.25, -0.2) is 0 Å². The quantitative estimate of drug-likeness (QED) is 0.682. The normalized spacial score (nSPS) is 10.9. The van der Waals surface area contributed by atoms with Crippen LogP contribution in [0.3, 0.4) is 0 Å². The lowest BCUT2D eigenvalue weighted by Crippen LogP contribution is -2.02. The Morgan fingerprint density at radius 3 is 2.78 bits per heavy atom. The predicted octanol–water partition coefficient (Wildman–Crippen LogP) is 3.13. The molecule has 0 amide bonds. The molecule has 90 valence electrons. The van der Waals surface area contributed by atoms with Crippen molar-refractivity contribution in [3.63, 3.8) is 0 Å². The smallest absolute Gasteiger partial charge is 0.199 e. The van der Waals surface area contributed by atoms with Gasteiger partial charge in [-0.3, -0.25) is 4.79 Å². The maximum atomic E-state index is 12.4. The van der Waals surface area contributed by atoms with Gasteiger partial charge >= 0.3 is 0 Å². The van der Waals surface area contributed by atoms with Crippen LogP contribution in [0.15, 0.2) is 41.2 Å². The van der Waals surface area contributed by atoms with Gasteiger partial charge in [-0.05, 0) is 30.3 Å². The van der Waals surface area contributed by atoms with E-state index in [2.05, 4.69) is 0 Å². The van der Waals surface area contributed by atoms with Gasteiger partial charge in [0.05, 0.1) is 12.5 Å². The molecule has 18 heavy (non-hydrogen) atoms. The summed E-state index contributed by atoms with van der Waals surface area (Å²) in [5, 5.41) is 10.6. The molecule has 2 aromatic carbocycles. The fourth-order valence-electron chi connectivity index (χ4n) is 2.03. The monoisotopic (exact) mass is 258 g/mol. The van der Waals surface area contributed by atoms with E-state index in [1.807, 2.05) is 12.1 Å². The molecule has 0 aliphatic carbocycles. The molecule has 0 saturated heterocycles. The SMILES string of the molecule is COc1cccc2sc3ccc(O)cc3c(=O)c12. The summed E-state index contributed by atoms with van der Waals surface area (Å²) in [6.45, 7) is 0. The minimum absolute atomic E-state index is 0.0982. The maximum Gasteiger partial charge on any atom is 0.199 e. The Kier molecular flexibility index (Phi) is 2.45. The fraction of sp³-hybridized carbons (Fsp3) is 0.0714. The van der Waals surface area contributed by atoms with Gasteiger partial charge in [0, 0.05) is 14.8 Å². The van der Waals surface area contributed by atoms with E-state index < -0.39 is 0 Å². The van der Waals surface area contributed by atoms with Crippen molar-refractivity contribution in [3.05, 3.63) is 46.6 Å². The van der Waals surface area contributed by atoms with Crippen molar-refractivity contribution in [1.29, 1.82) is 0 Å². The molecule has 0 aliphatic rings. The second kappa shape index (κ2) is 3.99. The molecule has 3 nitrogen and oxygen atoms in total. The third-order valence-corrected chi connectivity index (χ3v) is 4.00. The van der Waals surface area contributed by atoms with Crippen LogP contribution in [0, 0.1) is 0 Å². The third kappa shape index (κ3) is 1.54. The minimum atomic E-state index is -0.105. The molecule has 1 heterocycles. The molecule has 0 aliphatic heterocycles. The number of phenols is 1. The van der Waals surface area contributed by atoms with Crippen LogP contribution in [0.2, 0.25) is 0 Å². The van der Waals surface area contributed by atoms with Gasteiger partial charge in [-0.1, -0.05) is 6.07 Å². The Labute approximate surface area is 107 Å². The number of methoxy groups -OCH3 is 1. The van der Waals surface area contributed by atoms with Crippen LogP contribution in [0.5, 0.6) is 11.5 Å². The van der Waals surface area contributed by atoms with E-state index in [4.69, 9.17) is 4.74 Å². The van der Waals surface area contributed by atoms with Crippen LogP contribution in [-0.2, 0) is 0 Å². The van der Waals surface area contributed by atoms with E-state index in [0.29, 0.717) is 16.5 Å². The van der Waals surface area contributed by atoms with Crippen LogP contribution in [0.4, 0.5) is 0 Å². The second-order valence-electron chi connectivity index (χ2n) is 3.95. The summed E-state index contributed by atoms with van der Waals surface area (Å²) < 4.78 is 6.98. The highest BCUT2D eigenvalue weighted by Crippen LogP contribution is 2.31. The zero-order chi connectivity index (χ0) is 12.7. The number of phenolic OH excluding ortho intramolecular Hbond substituents is 1. The van der Waals surface area contributed by atoms with Crippen molar-refractivity contribution in [3.8, 4) is 11.5 Å². The first kappa shape index (κ1) is 11.0. The van der Waals surface area contributed by atoms with Gasteiger partial charge in [0.25, 0.3) is 0 Å². The fourth-order valence-corrected chi connectivity index (χ4v) is 3.10. The molecule has 1 N–H and O–H groups in total. The molecule has 3 aromatic rings. The summed E-state index contributed by atoms with van der Waals surface area (Å²) in [6, 6.07) is 10.4. The van der Waals surface area contributed by atoms with E-state index in [1.54, 1.807) is 25.3 Å². The summed E-state index contributed by atoms with van der Waals surface area (Å²) in [6.07, 6.45) is 0. The number of fused-ring (bicyclic) bond motifs is 2. The largest absolute Gasteiger partial charge is 0.508 e. The lowest BCUT2D eigenvalue weighted by Gasteiger charge is -2.05. The van der Waals surface area contributed by atoms with Gasteiger partial charge in [-0.15, -0.1) is 11.3 Å². The van der Waals surface area contributed by atoms with E-state index >= 15 is 0 Å². The first-order valence-electron chi connectivity index (χ1n) is 5.43. The van der Waals surface area contributed by atoms with Crippen molar-refractivity contribution in [1.82, 2.24) is 0 Å². The average Bonchev–Trinajstić information content (AvgIpc) is 2.39. The van der Waals surface area contributed by atoms with Crippen LogP contribution in [0.25, 0.3) is 20.2 Å². The molecular formula is C14H10O3S. The minimum Gasteiger partial charge on any atom is -0.508 e. The average molecular weight is 258 g/mol. The van der Waals surface area contributed by atoms with Crippen LogP contribution in [-0.4, -0.2) is 12.2 Å². The molecular weight excluding hydrogens is 248 g/mol. The van der Waals surface area contributed by atoms with Crippen LogP contribution >= 0.6 is 11.3 Å². The molecule has 0 atom stereocenters. The van der Waals surface area contributed by atoms with Crippen molar-refractivity contribution in [2.24, 2.45) is 0 Å². The lowest BCUT2D eigenvalue weighted by atomic mass is 10.1. The van der Waals surface area contributed by atoms with Crippen molar-refractivity contribution in [2.75, 3.05) is 7.11 Å². The predicted molar refractivity (Wildman–Crippen MR) is 73.8 cm³/mol. The molecule has 3 rings (SSSR count). The molecule has 0 spiro atoms.